The minimum atomic E-state index is -1.00. The summed E-state index contributed by atoms with van der Waals surface area (Å²) in [6, 6.07) is 33.4. The topological polar surface area (TPSA) is 141 Å². The van der Waals surface area contributed by atoms with E-state index in [1.807, 2.05) is 110 Å². The Kier molecular flexibility index (Phi) is 17.6. The van der Waals surface area contributed by atoms with Gasteiger partial charge in [-0.1, -0.05) is 67.6 Å². The van der Waals surface area contributed by atoms with E-state index in [1.54, 1.807) is 38.0 Å². The molecule has 292 valence electrons. The number of hydrogen-bond donors (Lipinski definition) is 1. The molecule has 1 N–H and O–H groups in total. The molecular formula is C46H40FN6NaO4S. The zero-order valence-electron chi connectivity index (χ0n) is 33.8. The number of Topliss-reactive ketones (excluding diaryl/α,β-unsaturated/α-hetero) is 2. The Balaban J connectivity index is 0.000000231. The molecule has 0 aliphatic rings. The van der Waals surface area contributed by atoms with E-state index in [1.165, 1.54) is 12.7 Å². The third-order valence-electron chi connectivity index (χ3n) is 8.68. The van der Waals surface area contributed by atoms with Crippen LogP contribution in [-0.2, 0) is 25.5 Å². The Bertz CT molecular complexity index is 2590. The summed E-state index contributed by atoms with van der Waals surface area (Å²) in [5.41, 5.74) is 7.92. The minimum Gasteiger partial charge on any atom is -0.793 e. The van der Waals surface area contributed by atoms with Crippen molar-refractivity contribution in [1.29, 1.82) is 0 Å². The van der Waals surface area contributed by atoms with E-state index < -0.39 is 7.15 Å². The van der Waals surface area contributed by atoms with Crippen LogP contribution in [0.3, 0.4) is 0 Å². The van der Waals surface area contributed by atoms with Crippen LogP contribution in [-0.4, -0.2) is 66.6 Å². The third-order valence-corrected chi connectivity index (χ3v) is 8.68. The monoisotopic (exact) mass is 815 g/mol. The molecule has 0 saturated heterocycles. The van der Waals surface area contributed by atoms with E-state index in [2.05, 4.69) is 42.5 Å². The molecule has 4 aromatic carbocycles. The Morgan fingerprint density at radius 2 is 1.12 bits per heavy atom. The molecule has 0 aliphatic carbocycles. The second-order valence-electron chi connectivity index (χ2n) is 12.3. The number of alkyl halides is 1. The fourth-order valence-electron chi connectivity index (χ4n) is 5.99. The number of phenolic OH excluding ortho intramolecular Hbond substituents is 1. The number of hydrogen-bond acceptors (Lipinski definition) is 11. The van der Waals surface area contributed by atoms with Crippen molar-refractivity contribution in [2.75, 3.05) is 20.0 Å². The number of carbonyl (C=O) groups is 2. The maximum absolute atomic E-state index is 12.5. The van der Waals surface area contributed by atoms with E-state index in [0.29, 0.717) is 28.8 Å². The van der Waals surface area contributed by atoms with Crippen LogP contribution < -0.4 is 34.3 Å². The number of benzene rings is 4. The summed E-state index contributed by atoms with van der Waals surface area (Å²) in [6.45, 7) is 1.94. The first-order chi connectivity index (χ1) is 28.8. The van der Waals surface area contributed by atoms with Gasteiger partial charge in [0.15, 0.2) is 11.6 Å². The number of carbonyl (C=O) groups excluding carboxylic acids is 2. The van der Waals surface area contributed by atoms with E-state index in [4.69, 9.17) is 6.11 Å². The molecule has 0 atom stereocenters. The van der Waals surface area contributed by atoms with Gasteiger partial charge in [-0.2, -0.15) is 5.75 Å². The molecule has 10 nitrogen and oxygen atoms in total. The molecule has 4 aromatic heterocycles. The number of halogens is 1. The average Bonchev–Trinajstić information content (AvgIpc) is 3.28. The molecule has 8 aromatic rings. The summed E-state index contributed by atoms with van der Waals surface area (Å²) in [5.74, 6) is 1.73. The number of aromatic hydroxyl groups is 1. The van der Waals surface area contributed by atoms with Crippen molar-refractivity contribution in [3.63, 3.8) is 0 Å². The van der Waals surface area contributed by atoms with Gasteiger partial charge in [0.25, 0.3) is 0 Å². The summed E-state index contributed by atoms with van der Waals surface area (Å²) < 4.78 is 20.9. The molecule has 0 amide bonds. The van der Waals surface area contributed by atoms with Crippen LogP contribution in [0.4, 0.5) is 4.39 Å². The number of pyridine rings is 2. The number of methoxy groups -OCH3 is 1. The van der Waals surface area contributed by atoms with Crippen LogP contribution >= 0.6 is 0 Å². The fraction of sp³-hybridized carbons (Fsp3) is 0.130. The summed E-state index contributed by atoms with van der Waals surface area (Å²) in [7, 11) is 0.624. The van der Waals surface area contributed by atoms with Gasteiger partial charge in [-0.05, 0) is 70.8 Å². The Labute approximate surface area is 371 Å². The Hall–Kier alpha value is -5.92. The Morgan fingerprint density at radius 3 is 1.56 bits per heavy atom. The molecule has 4 heterocycles. The average molecular weight is 816 g/mol. The zero-order valence-corrected chi connectivity index (χ0v) is 35.6. The van der Waals surface area contributed by atoms with Gasteiger partial charge in [0.2, 0.25) is 0 Å². The van der Waals surface area contributed by atoms with Crippen molar-refractivity contribution in [2.45, 2.75) is 19.8 Å². The number of ketones is 2. The second-order valence-corrected chi connectivity index (χ2v) is 12.9. The van der Waals surface area contributed by atoms with Gasteiger partial charge in [0.1, 0.15) is 35.2 Å². The molecule has 0 bridgehead atoms. The first kappa shape index (κ1) is 44.2. The number of aromatic nitrogens is 6. The molecule has 0 spiro atoms. The van der Waals surface area contributed by atoms with Crippen molar-refractivity contribution < 1.29 is 54.8 Å². The predicted octanol–water partition coefficient (Wildman–Crippen LogP) is 6.09. The smallest absolute Gasteiger partial charge is 0.793 e. The van der Waals surface area contributed by atoms with Crippen molar-refractivity contribution in [1.82, 2.24) is 29.9 Å². The van der Waals surface area contributed by atoms with Crippen LogP contribution in [0.25, 0.3) is 44.1 Å². The van der Waals surface area contributed by atoms with Crippen molar-refractivity contribution in [3.05, 3.63) is 169 Å². The predicted molar refractivity (Wildman–Crippen MR) is 228 cm³/mol. The van der Waals surface area contributed by atoms with Gasteiger partial charge in [-0.25, -0.2) is 19.9 Å². The zero-order chi connectivity index (χ0) is 42.0. The van der Waals surface area contributed by atoms with Crippen LogP contribution in [0, 0.1) is 0 Å². The van der Waals surface area contributed by atoms with E-state index in [0.717, 1.165) is 55.7 Å². The second kappa shape index (κ2) is 23.5. The number of fused-ring (bicyclic) bond motifs is 2. The standard InChI is InChI=1S/C22H17N3O2.C21H15N3O2.C2H6S.CH3F.Na/c1-27-21-10-9-18(19-13-23-14-25-22(19)21)15-5-7-16(8-6-15)20(26)12-17-4-2-3-11-24-17;25-19-9-8-17(18-12-22-13-24-21(18)19)14-4-6-15(7-5-14)20(26)11-16-3-1-2-10-23-16;1-2-3;1-2;/h2-11,13-14H,12H2,1H3;1-10,12-13,25H,11H2;3H,2H2,1H3;1H3;/q;;;;+1/p-1/i;;;1D;. The van der Waals surface area contributed by atoms with Crippen LogP contribution in [0.15, 0.2) is 147 Å². The summed E-state index contributed by atoms with van der Waals surface area (Å²) in [4.78, 5) is 50.0. The molecule has 0 fully saturated rings. The maximum atomic E-state index is 12.5. The molecule has 0 unspecified atom stereocenters. The summed E-state index contributed by atoms with van der Waals surface area (Å²) >= 11 is 4.39. The molecule has 8 rings (SSSR count). The molecule has 0 radical (unpaired) electrons. The minimum absolute atomic E-state index is 0. The number of nitrogens with zero attached hydrogens (tertiary/aromatic N) is 6. The van der Waals surface area contributed by atoms with Gasteiger partial charge in [-0.15, -0.1) is 0 Å². The van der Waals surface area contributed by atoms with E-state index in [9.17, 15) is 19.1 Å². The van der Waals surface area contributed by atoms with Gasteiger partial charge in [-0.3, -0.25) is 23.9 Å². The van der Waals surface area contributed by atoms with Gasteiger partial charge < -0.3 is 22.5 Å². The first-order valence-electron chi connectivity index (χ1n) is 18.7. The number of rotatable bonds is 9. The number of phenols is 1. The molecule has 59 heavy (non-hydrogen) atoms. The molecule has 0 saturated carbocycles. The van der Waals surface area contributed by atoms with E-state index in [-0.39, 0.29) is 53.3 Å². The largest absolute Gasteiger partial charge is 1.00 e. The number of ether oxygens (including phenoxy) is 1. The van der Waals surface area contributed by atoms with Gasteiger partial charge >= 0.3 is 29.6 Å². The van der Waals surface area contributed by atoms with Crippen LogP contribution in [0.5, 0.6) is 11.5 Å². The SMILES string of the molecule is CC[S-].COc1ccc(-c2ccc(C(=O)Cc3ccccn3)cc2)c2cncnc12.O=C(Cc1ccccn1)c1ccc(-c2ccc(O)c3ncncc23)cc1.[2H]CF.[Na+]. The van der Waals surface area contributed by atoms with Gasteiger partial charge in [0.05, 0.1) is 28.5 Å². The van der Waals surface area contributed by atoms with Crippen molar-refractivity contribution in [2.24, 2.45) is 0 Å². The van der Waals surface area contributed by atoms with Crippen molar-refractivity contribution in [3.8, 4) is 33.8 Å². The van der Waals surface area contributed by atoms with Crippen LogP contribution in [0.2, 0.25) is 0 Å². The quantitative estimate of drug-likeness (QED) is 0.103. The third kappa shape index (κ3) is 12.1. The Morgan fingerprint density at radius 1 is 0.678 bits per heavy atom. The normalized spacial score (nSPS) is 10.3. The first-order valence-corrected chi connectivity index (χ1v) is 18.6. The van der Waals surface area contributed by atoms with Gasteiger partial charge in [0, 0.05) is 58.1 Å². The summed E-state index contributed by atoms with van der Waals surface area (Å²) in [6.07, 6.45) is 10.3. The maximum Gasteiger partial charge on any atom is 1.00 e. The van der Waals surface area contributed by atoms with E-state index >= 15 is 0 Å². The van der Waals surface area contributed by atoms with Crippen LogP contribution in [0.1, 0.15) is 40.4 Å². The summed E-state index contributed by atoms with van der Waals surface area (Å²) in [5, 5.41) is 11.6. The fourth-order valence-corrected chi connectivity index (χ4v) is 5.99. The molecular weight excluding hydrogens is 775 g/mol. The molecule has 0 aliphatic heterocycles. The van der Waals surface area contributed by atoms with Crippen molar-refractivity contribution >= 4 is 46.0 Å². The molecule has 13 heteroatoms.